The number of benzene rings is 1. The maximum absolute atomic E-state index is 13.6. The Morgan fingerprint density at radius 3 is 2.47 bits per heavy atom. The zero-order valence-corrected chi connectivity index (χ0v) is 17.5. The Balaban J connectivity index is 1.68. The molecular weight excluding hydrogens is 413 g/mol. The first kappa shape index (κ1) is 21.9. The number of ketones is 1. The van der Waals surface area contributed by atoms with E-state index in [0.717, 1.165) is 25.2 Å². The highest BCUT2D eigenvalue weighted by atomic mass is 32.2. The van der Waals surface area contributed by atoms with E-state index in [9.17, 15) is 17.6 Å². The molecule has 30 heavy (non-hydrogen) atoms. The number of carbonyl (C=O) groups excluding carboxylic acids is 1. The van der Waals surface area contributed by atoms with Crippen LogP contribution in [0.5, 0.6) is 5.75 Å². The standard InChI is InChI=1S/C19H24FN5O4S/c1-29-16-8-3-11(20)9-14(16)17(26)15-10-22-19(24-18(15)21)23-12-4-6-13(7-5-12)25-30(2,27)28/h3,8-10,12-13,25H,4-7H2,1-2H3,(H3,21,22,23,24)/t12-,13-. The largest absolute Gasteiger partial charge is 0.496 e. The molecule has 0 unspecified atom stereocenters. The summed E-state index contributed by atoms with van der Waals surface area (Å²) in [5.41, 5.74) is 6.04. The van der Waals surface area contributed by atoms with Crippen LogP contribution < -0.4 is 20.5 Å². The van der Waals surface area contributed by atoms with Gasteiger partial charge in [-0.25, -0.2) is 22.5 Å². The minimum Gasteiger partial charge on any atom is -0.496 e. The number of sulfonamides is 1. The van der Waals surface area contributed by atoms with E-state index in [1.807, 2.05) is 0 Å². The van der Waals surface area contributed by atoms with Crippen molar-refractivity contribution in [1.29, 1.82) is 0 Å². The summed E-state index contributed by atoms with van der Waals surface area (Å²) in [6, 6.07) is 3.63. The van der Waals surface area contributed by atoms with Crippen molar-refractivity contribution in [2.45, 2.75) is 37.8 Å². The summed E-state index contributed by atoms with van der Waals surface area (Å²) in [5, 5.41) is 3.17. The number of rotatable bonds is 7. The number of carbonyl (C=O) groups is 1. The number of halogens is 1. The van der Waals surface area contributed by atoms with Crippen molar-refractivity contribution in [3.05, 3.63) is 41.3 Å². The summed E-state index contributed by atoms with van der Waals surface area (Å²) < 4.78 is 44.0. The van der Waals surface area contributed by atoms with Crippen LogP contribution in [0.25, 0.3) is 0 Å². The molecule has 0 bridgehead atoms. The number of hydrogen-bond donors (Lipinski definition) is 3. The average Bonchev–Trinajstić information content (AvgIpc) is 2.68. The topological polar surface area (TPSA) is 136 Å². The molecular formula is C19H24FN5O4S. The number of nitrogens with one attached hydrogen (secondary N) is 2. The number of nitrogens with zero attached hydrogens (tertiary/aromatic N) is 2. The maximum atomic E-state index is 13.6. The van der Waals surface area contributed by atoms with Crippen molar-refractivity contribution in [2.75, 3.05) is 24.4 Å². The van der Waals surface area contributed by atoms with Gasteiger partial charge in [0, 0.05) is 18.3 Å². The lowest BCUT2D eigenvalue weighted by Gasteiger charge is -2.29. The second kappa shape index (κ2) is 8.92. The first-order valence-electron chi connectivity index (χ1n) is 9.41. The lowest BCUT2D eigenvalue weighted by atomic mass is 9.92. The van der Waals surface area contributed by atoms with Crippen LogP contribution in [0.2, 0.25) is 0 Å². The summed E-state index contributed by atoms with van der Waals surface area (Å²) in [4.78, 5) is 21.1. The van der Waals surface area contributed by atoms with E-state index in [1.54, 1.807) is 0 Å². The molecule has 1 aliphatic carbocycles. The molecule has 9 nitrogen and oxygen atoms in total. The molecule has 1 aromatic carbocycles. The Kier molecular flexibility index (Phi) is 6.52. The fourth-order valence-electron chi connectivity index (χ4n) is 3.48. The van der Waals surface area contributed by atoms with Gasteiger partial charge in [-0.1, -0.05) is 0 Å². The second-order valence-electron chi connectivity index (χ2n) is 7.25. The van der Waals surface area contributed by atoms with Gasteiger partial charge in [0.15, 0.2) is 0 Å². The predicted molar refractivity (Wildman–Crippen MR) is 110 cm³/mol. The van der Waals surface area contributed by atoms with Crippen LogP contribution in [-0.2, 0) is 10.0 Å². The van der Waals surface area contributed by atoms with Gasteiger partial charge in [-0.3, -0.25) is 4.79 Å². The molecule has 3 rings (SSSR count). The predicted octanol–water partition coefficient (Wildman–Crippen LogP) is 1.71. The smallest absolute Gasteiger partial charge is 0.224 e. The van der Waals surface area contributed by atoms with Crippen LogP contribution in [0.15, 0.2) is 24.4 Å². The van der Waals surface area contributed by atoms with Crippen LogP contribution in [0, 0.1) is 5.82 Å². The van der Waals surface area contributed by atoms with Gasteiger partial charge >= 0.3 is 0 Å². The molecule has 0 spiro atoms. The minimum absolute atomic E-state index is 0.0313. The van der Waals surface area contributed by atoms with Crippen molar-refractivity contribution in [1.82, 2.24) is 14.7 Å². The van der Waals surface area contributed by atoms with Gasteiger partial charge in [0.2, 0.25) is 21.8 Å². The molecule has 11 heteroatoms. The Morgan fingerprint density at radius 1 is 1.20 bits per heavy atom. The van der Waals surface area contributed by atoms with E-state index in [2.05, 4.69) is 20.0 Å². The minimum atomic E-state index is -3.23. The van der Waals surface area contributed by atoms with Crippen LogP contribution in [-0.4, -0.2) is 49.6 Å². The molecule has 0 amide bonds. The number of aromatic nitrogens is 2. The molecule has 1 heterocycles. The quantitative estimate of drug-likeness (QED) is 0.557. The molecule has 1 fully saturated rings. The zero-order chi connectivity index (χ0) is 21.9. The lowest BCUT2D eigenvalue weighted by molar-refractivity contribution is 0.103. The monoisotopic (exact) mass is 437 g/mol. The first-order chi connectivity index (χ1) is 14.2. The van der Waals surface area contributed by atoms with Gasteiger partial charge in [0.05, 0.1) is 24.5 Å². The Morgan fingerprint density at radius 2 is 1.87 bits per heavy atom. The van der Waals surface area contributed by atoms with Crippen LogP contribution in [0.4, 0.5) is 16.2 Å². The molecule has 1 saturated carbocycles. The Labute approximate surface area is 174 Å². The van der Waals surface area contributed by atoms with E-state index in [1.165, 1.54) is 25.4 Å². The number of hydrogen-bond acceptors (Lipinski definition) is 8. The molecule has 0 radical (unpaired) electrons. The Hall–Kier alpha value is -2.79. The number of nitrogens with two attached hydrogens (primary N) is 1. The average molecular weight is 437 g/mol. The highest BCUT2D eigenvalue weighted by molar-refractivity contribution is 7.88. The summed E-state index contributed by atoms with van der Waals surface area (Å²) in [7, 11) is -1.84. The second-order valence-corrected chi connectivity index (χ2v) is 9.03. The summed E-state index contributed by atoms with van der Waals surface area (Å²) in [5.74, 6) is -0.644. The third-order valence-electron chi connectivity index (χ3n) is 4.91. The third-order valence-corrected chi connectivity index (χ3v) is 5.67. The van der Waals surface area contributed by atoms with E-state index < -0.39 is 21.6 Å². The van der Waals surface area contributed by atoms with Gasteiger partial charge in [-0.2, -0.15) is 4.98 Å². The highest BCUT2D eigenvalue weighted by Crippen LogP contribution is 2.26. The molecule has 2 aromatic rings. The van der Waals surface area contributed by atoms with E-state index in [4.69, 9.17) is 10.5 Å². The van der Waals surface area contributed by atoms with Crippen LogP contribution in [0.1, 0.15) is 41.6 Å². The lowest BCUT2D eigenvalue weighted by Crippen LogP contribution is -2.39. The van der Waals surface area contributed by atoms with Gasteiger partial charge in [0.25, 0.3) is 0 Å². The van der Waals surface area contributed by atoms with Gasteiger partial charge in [0.1, 0.15) is 17.4 Å². The Bertz CT molecular complexity index is 1040. The maximum Gasteiger partial charge on any atom is 0.224 e. The van der Waals surface area contributed by atoms with Crippen LogP contribution >= 0.6 is 0 Å². The van der Waals surface area contributed by atoms with Crippen LogP contribution in [0.3, 0.4) is 0 Å². The fourth-order valence-corrected chi connectivity index (χ4v) is 4.32. The van der Waals surface area contributed by atoms with Gasteiger partial charge in [-0.15, -0.1) is 0 Å². The highest BCUT2D eigenvalue weighted by Gasteiger charge is 2.24. The van der Waals surface area contributed by atoms with Gasteiger partial charge < -0.3 is 15.8 Å². The summed E-state index contributed by atoms with van der Waals surface area (Å²) in [6.07, 6.45) is 5.30. The van der Waals surface area contributed by atoms with Gasteiger partial charge in [-0.05, 0) is 43.9 Å². The molecule has 1 aromatic heterocycles. The third kappa shape index (κ3) is 5.42. The normalized spacial score (nSPS) is 19.3. The molecule has 0 aliphatic heterocycles. The molecule has 0 atom stereocenters. The van der Waals surface area contributed by atoms with Crippen molar-refractivity contribution >= 4 is 27.6 Å². The van der Waals surface area contributed by atoms with E-state index >= 15 is 0 Å². The SMILES string of the molecule is COc1ccc(F)cc1C(=O)c1cnc(N[C@H]2CC[C@H](NS(C)(=O)=O)CC2)nc1N. The summed E-state index contributed by atoms with van der Waals surface area (Å²) in [6.45, 7) is 0. The molecule has 1 aliphatic rings. The van der Waals surface area contributed by atoms with Crippen molar-refractivity contribution in [3.8, 4) is 5.75 Å². The first-order valence-corrected chi connectivity index (χ1v) is 11.3. The van der Waals surface area contributed by atoms with Crippen molar-refractivity contribution in [3.63, 3.8) is 0 Å². The summed E-state index contributed by atoms with van der Waals surface area (Å²) >= 11 is 0. The molecule has 0 saturated heterocycles. The number of methoxy groups -OCH3 is 1. The fraction of sp³-hybridized carbons (Fsp3) is 0.421. The molecule has 4 N–H and O–H groups in total. The van der Waals surface area contributed by atoms with Crippen molar-refractivity contribution < 1.29 is 22.3 Å². The van der Waals surface area contributed by atoms with E-state index in [-0.39, 0.29) is 40.7 Å². The number of nitrogen functional groups attached to an aromatic ring is 1. The van der Waals surface area contributed by atoms with E-state index in [0.29, 0.717) is 12.8 Å². The number of ether oxygens (including phenoxy) is 1. The van der Waals surface area contributed by atoms with Crippen molar-refractivity contribution in [2.24, 2.45) is 0 Å². The zero-order valence-electron chi connectivity index (χ0n) is 16.7. The molecule has 162 valence electrons. The number of anilines is 2.